The summed E-state index contributed by atoms with van der Waals surface area (Å²) in [5, 5.41) is 5.84. The molecule has 6 heteroatoms. The van der Waals surface area contributed by atoms with Crippen LogP contribution in [-0.2, 0) is 0 Å². The van der Waals surface area contributed by atoms with E-state index in [0.29, 0.717) is 26.4 Å². The van der Waals surface area contributed by atoms with Crippen LogP contribution in [0.1, 0.15) is 5.56 Å². The molecule has 2 aromatic carbocycles. The smallest absolute Gasteiger partial charge is 0.308 e. The minimum absolute atomic E-state index is 0.293. The summed E-state index contributed by atoms with van der Waals surface area (Å²) in [7, 11) is 0. The van der Waals surface area contributed by atoms with Crippen LogP contribution in [0, 0.1) is 12.7 Å². The van der Waals surface area contributed by atoms with E-state index in [0.717, 1.165) is 0 Å². The zero-order valence-corrected chi connectivity index (χ0v) is 12.8. The predicted octanol–water partition coefficient (Wildman–Crippen LogP) is 5.19. The van der Waals surface area contributed by atoms with Crippen molar-refractivity contribution in [3.05, 3.63) is 57.3 Å². The summed E-state index contributed by atoms with van der Waals surface area (Å²) in [4.78, 5) is 11.9. The maximum Gasteiger partial charge on any atom is 0.323 e. The van der Waals surface area contributed by atoms with Crippen LogP contribution in [0.25, 0.3) is 0 Å². The van der Waals surface area contributed by atoms with Gasteiger partial charge in [0.1, 0.15) is 5.82 Å². The van der Waals surface area contributed by atoms with Gasteiger partial charge in [-0.3, -0.25) is 0 Å². The van der Waals surface area contributed by atoms with Crippen LogP contribution in [0.15, 0.2) is 40.9 Å². The highest BCUT2D eigenvalue weighted by Gasteiger charge is 2.08. The minimum atomic E-state index is -0.422. The molecule has 2 aromatic rings. The lowest BCUT2D eigenvalue weighted by Gasteiger charge is -2.11. The first-order chi connectivity index (χ1) is 9.45. The van der Waals surface area contributed by atoms with Gasteiger partial charge in [-0.2, -0.15) is 0 Å². The number of carbonyl (C=O) groups excluding carboxylic acids is 1. The molecule has 0 atom stereocenters. The zero-order valence-electron chi connectivity index (χ0n) is 10.5. The summed E-state index contributed by atoms with van der Waals surface area (Å²) in [6, 6.07) is 9.24. The van der Waals surface area contributed by atoms with E-state index in [-0.39, 0.29) is 5.82 Å². The van der Waals surface area contributed by atoms with E-state index in [2.05, 4.69) is 26.6 Å². The molecule has 104 valence electrons. The van der Waals surface area contributed by atoms with Gasteiger partial charge in [-0.1, -0.05) is 17.7 Å². The van der Waals surface area contributed by atoms with Crippen molar-refractivity contribution in [2.75, 3.05) is 10.6 Å². The lowest BCUT2D eigenvalue weighted by atomic mass is 10.2. The van der Waals surface area contributed by atoms with Crippen molar-refractivity contribution < 1.29 is 9.18 Å². The van der Waals surface area contributed by atoms with E-state index in [1.165, 1.54) is 12.1 Å². The fourth-order valence-electron chi connectivity index (χ4n) is 1.63. The second-order valence-corrected chi connectivity index (χ2v) is 5.46. The Morgan fingerprint density at radius 1 is 1.25 bits per heavy atom. The number of amides is 2. The second kappa shape index (κ2) is 6.24. The molecule has 0 spiro atoms. The van der Waals surface area contributed by atoms with Crippen molar-refractivity contribution in [3.8, 4) is 0 Å². The molecule has 0 heterocycles. The highest BCUT2D eigenvalue weighted by molar-refractivity contribution is 9.10. The molecular weight excluding hydrogens is 347 g/mol. The summed E-state index contributed by atoms with van der Waals surface area (Å²) >= 11 is 8.91. The Morgan fingerprint density at radius 3 is 2.70 bits per heavy atom. The van der Waals surface area contributed by atoms with Gasteiger partial charge in [-0.05, 0) is 58.7 Å². The molecule has 0 aliphatic rings. The Morgan fingerprint density at radius 2 is 2.00 bits per heavy atom. The fraction of sp³-hybridized carbons (Fsp3) is 0.0714. The van der Waals surface area contributed by atoms with E-state index in [9.17, 15) is 9.18 Å². The summed E-state index contributed by atoms with van der Waals surface area (Å²) in [5.74, 6) is -0.372. The van der Waals surface area contributed by atoms with Gasteiger partial charge < -0.3 is 10.6 Å². The summed E-state index contributed by atoms with van der Waals surface area (Å²) in [6.45, 7) is 1.71. The number of benzene rings is 2. The Labute approximate surface area is 129 Å². The molecule has 0 bridgehead atoms. The number of hydrogen-bond donors (Lipinski definition) is 2. The van der Waals surface area contributed by atoms with Gasteiger partial charge >= 0.3 is 6.03 Å². The van der Waals surface area contributed by atoms with E-state index in [4.69, 9.17) is 11.6 Å². The molecule has 2 N–H and O–H groups in total. The molecule has 0 saturated carbocycles. The molecule has 0 unspecified atom stereocenters. The first kappa shape index (κ1) is 14.8. The number of carbonyl (C=O) groups is 1. The third-order valence-corrected chi connectivity index (χ3v) is 3.44. The lowest BCUT2D eigenvalue weighted by molar-refractivity contribution is 0.262. The molecule has 0 radical (unpaired) electrons. The molecule has 0 aromatic heterocycles. The minimum Gasteiger partial charge on any atom is -0.308 e. The molecule has 20 heavy (non-hydrogen) atoms. The lowest BCUT2D eigenvalue weighted by Crippen LogP contribution is -2.20. The number of anilines is 2. The van der Waals surface area contributed by atoms with Gasteiger partial charge in [0.25, 0.3) is 0 Å². The Hall–Kier alpha value is -1.59. The van der Waals surface area contributed by atoms with Crippen LogP contribution in [0.3, 0.4) is 0 Å². The third-order valence-electron chi connectivity index (χ3n) is 2.60. The fourth-order valence-corrected chi connectivity index (χ4v) is 2.17. The number of rotatable bonds is 2. The molecular formula is C14H11BrClFN2O. The monoisotopic (exact) mass is 356 g/mol. The van der Waals surface area contributed by atoms with Gasteiger partial charge in [-0.25, -0.2) is 9.18 Å². The molecule has 0 saturated heterocycles. The molecule has 3 nitrogen and oxygen atoms in total. The molecule has 2 amide bonds. The number of urea groups is 1. The Balaban J connectivity index is 2.10. The van der Waals surface area contributed by atoms with Crippen LogP contribution in [-0.4, -0.2) is 6.03 Å². The van der Waals surface area contributed by atoms with Crippen LogP contribution in [0.5, 0.6) is 0 Å². The summed E-state index contributed by atoms with van der Waals surface area (Å²) < 4.78 is 13.6. The maximum absolute atomic E-state index is 13.3. The van der Waals surface area contributed by atoms with E-state index in [1.807, 2.05) is 0 Å². The number of nitrogens with one attached hydrogen (secondary N) is 2. The molecule has 0 aliphatic carbocycles. The first-order valence-electron chi connectivity index (χ1n) is 5.75. The van der Waals surface area contributed by atoms with E-state index >= 15 is 0 Å². The van der Waals surface area contributed by atoms with Crippen LogP contribution >= 0.6 is 27.5 Å². The van der Waals surface area contributed by atoms with Gasteiger partial charge in [0.05, 0.1) is 4.47 Å². The van der Waals surface area contributed by atoms with Crippen LogP contribution in [0.2, 0.25) is 5.02 Å². The SMILES string of the molecule is Cc1cc(F)c(Br)cc1NC(=O)Nc1cccc(Cl)c1. The van der Waals surface area contributed by atoms with Crippen molar-refractivity contribution in [1.82, 2.24) is 0 Å². The van der Waals surface area contributed by atoms with Crippen molar-refractivity contribution in [1.29, 1.82) is 0 Å². The average molecular weight is 358 g/mol. The quantitative estimate of drug-likeness (QED) is 0.762. The van der Waals surface area contributed by atoms with Gasteiger partial charge in [0.2, 0.25) is 0 Å². The summed E-state index contributed by atoms with van der Waals surface area (Å²) in [5.41, 5.74) is 1.73. The van der Waals surface area contributed by atoms with Crippen molar-refractivity contribution in [2.45, 2.75) is 6.92 Å². The normalized spacial score (nSPS) is 10.2. The van der Waals surface area contributed by atoms with Gasteiger partial charge in [0.15, 0.2) is 0 Å². The highest BCUT2D eigenvalue weighted by atomic mass is 79.9. The van der Waals surface area contributed by atoms with Crippen molar-refractivity contribution in [3.63, 3.8) is 0 Å². The van der Waals surface area contributed by atoms with Crippen LogP contribution in [0.4, 0.5) is 20.6 Å². The molecule has 2 rings (SSSR count). The molecule has 0 fully saturated rings. The third kappa shape index (κ3) is 3.71. The van der Waals surface area contributed by atoms with Crippen LogP contribution < -0.4 is 10.6 Å². The predicted molar refractivity (Wildman–Crippen MR) is 82.9 cm³/mol. The van der Waals surface area contributed by atoms with Gasteiger partial charge in [0, 0.05) is 16.4 Å². The maximum atomic E-state index is 13.3. The van der Waals surface area contributed by atoms with Crippen molar-refractivity contribution >= 4 is 44.9 Å². The molecule has 0 aliphatic heterocycles. The number of hydrogen-bond acceptors (Lipinski definition) is 1. The number of halogens is 3. The van der Waals surface area contributed by atoms with Gasteiger partial charge in [-0.15, -0.1) is 0 Å². The van der Waals surface area contributed by atoms with Crippen molar-refractivity contribution in [2.24, 2.45) is 0 Å². The van der Waals surface area contributed by atoms with E-state index < -0.39 is 6.03 Å². The summed E-state index contributed by atoms with van der Waals surface area (Å²) in [6.07, 6.45) is 0. The Kier molecular flexibility index (Phi) is 4.62. The largest absolute Gasteiger partial charge is 0.323 e. The second-order valence-electron chi connectivity index (χ2n) is 4.17. The average Bonchev–Trinajstić information content (AvgIpc) is 2.36. The first-order valence-corrected chi connectivity index (χ1v) is 6.92. The standard InChI is InChI=1S/C14H11BrClFN2O/c1-8-5-12(17)11(15)7-13(8)19-14(20)18-10-4-2-3-9(16)6-10/h2-7H,1H3,(H2,18,19,20). The topological polar surface area (TPSA) is 41.1 Å². The highest BCUT2D eigenvalue weighted by Crippen LogP contribution is 2.24. The van der Waals surface area contributed by atoms with E-state index in [1.54, 1.807) is 31.2 Å². The number of aryl methyl sites for hydroxylation is 1. The zero-order chi connectivity index (χ0) is 14.7. The Bertz CT molecular complexity index is 664.